The molecule has 4 heteroatoms. The molecule has 3 nitrogen and oxygen atoms in total. The van der Waals surface area contributed by atoms with Crippen LogP contribution in [0, 0.1) is 0 Å². The summed E-state index contributed by atoms with van der Waals surface area (Å²) in [6, 6.07) is 1.37. The lowest BCUT2D eigenvalue weighted by Gasteiger charge is -2.09. The Bertz CT molecular complexity index is 435. The zero-order valence-corrected chi connectivity index (χ0v) is 9.20. The Morgan fingerprint density at radius 2 is 2.40 bits per heavy atom. The molecule has 1 fully saturated rings. The van der Waals surface area contributed by atoms with Gasteiger partial charge in [-0.1, -0.05) is 17.7 Å². The first-order valence-corrected chi connectivity index (χ1v) is 5.48. The van der Waals surface area contributed by atoms with Crippen molar-refractivity contribution in [2.24, 2.45) is 0 Å². The Balaban J connectivity index is 2.39. The van der Waals surface area contributed by atoms with E-state index in [1.165, 1.54) is 6.07 Å². The zero-order chi connectivity index (χ0) is 10.8. The van der Waals surface area contributed by atoms with Gasteiger partial charge in [0.05, 0.1) is 0 Å². The van der Waals surface area contributed by atoms with Crippen molar-refractivity contribution in [3.8, 4) is 0 Å². The lowest BCUT2D eigenvalue weighted by molar-refractivity contribution is 0.617. The maximum absolute atomic E-state index is 11.7. The molecular weight excluding hydrogens is 212 g/mol. The molecule has 1 saturated carbocycles. The van der Waals surface area contributed by atoms with Crippen molar-refractivity contribution >= 4 is 11.6 Å². The van der Waals surface area contributed by atoms with E-state index in [4.69, 9.17) is 11.6 Å². The molecule has 0 aliphatic heterocycles. The summed E-state index contributed by atoms with van der Waals surface area (Å²) in [5, 5.41) is 0.303. The van der Waals surface area contributed by atoms with Gasteiger partial charge in [-0.05, 0) is 19.3 Å². The highest BCUT2D eigenvalue weighted by Gasteiger charge is 2.28. The van der Waals surface area contributed by atoms with Gasteiger partial charge in [-0.25, -0.2) is 4.98 Å². The fourth-order valence-corrected chi connectivity index (χ4v) is 1.77. The maximum Gasteiger partial charge on any atom is 0.254 e. The predicted molar refractivity (Wildman–Crippen MR) is 60.3 cm³/mol. The van der Waals surface area contributed by atoms with Crippen molar-refractivity contribution in [3.63, 3.8) is 0 Å². The summed E-state index contributed by atoms with van der Waals surface area (Å²) in [4.78, 5) is 15.9. The van der Waals surface area contributed by atoms with E-state index in [-0.39, 0.29) is 5.56 Å². The summed E-state index contributed by atoms with van der Waals surface area (Å²) in [7, 11) is 0. The highest BCUT2D eigenvalue weighted by Crippen LogP contribution is 2.38. The minimum atomic E-state index is -0.0567. The Labute approximate surface area is 93.4 Å². The SMILES string of the molecule is C=CCCn1c(C2CC2)nc(Cl)cc1=O. The molecule has 80 valence electrons. The minimum Gasteiger partial charge on any atom is -0.296 e. The van der Waals surface area contributed by atoms with Gasteiger partial charge in [0.15, 0.2) is 0 Å². The molecule has 1 aliphatic rings. The standard InChI is InChI=1S/C11H13ClN2O/c1-2-3-6-14-10(15)7-9(12)13-11(14)8-4-5-8/h2,7-8H,1,3-6H2. The molecule has 1 aliphatic carbocycles. The Hall–Kier alpha value is -1.09. The first kappa shape index (κ1) is 10.4. The minimum absolute atomic E-state index is 0.0567. The second kappa shape index (κ2) is 4.19. The van der Waals surface area contributed by atoms with Crippen molar-refractivity contribution < 1.29 is 0 Å². The average Bonchev–Trinajstić information content (AvgIpc) is 2.98. The molecule has 0 unspecified atom stereocenters. The fourth-order valence-electron chi connectivity index (χ4n) is 1.59. The summed E-state index contributed by atoms with van der Waals surface area (Å²) in [5.41, 5.74) is -0.0567. The number of allylic oxidation sites excluding steroid dienone is 1. The highest BCUT2D eigenvalue weighted by molar-refractivity contribution is 6.29. The van der Waals surface area contributed by atoms with Gasteiger partial charge in [-0.15, -0.1) is 6.58 Å². The number of hydrogen-bond donors (Lipinski definition) is 0. The van der Waals surface area contributed by atoms with E-state index in [0.29, 0.717) is 17.6 Å². The van der Waals surface area contributed by atoms with Crippen molar-refractivity contribution in [2.45, 2.75) is 31.7 Å². The number of hydrogen-bond acceptors (Lipinski definition) is 2. The summed E-state index contributed by atoms with van der Waals surface area (Å²) in [6.07, 6.45) is 4.81. The largest absolute Gasteiger partial charge is 0.296 e. The topological polar surface area (TPSA) is 34.9 Å². The molecule has 0 radical (unpaired) electrons. The number of rotatable bonds is 4. The number of halogens is 1. The molecule has 0 N–H and O–H groups in total. The summed E-state index contributed by atoms with van der Waals surface area (Å²) in [5.74, 6) is 1.27. The van der Waals surface area contributed by atoms with Crippen LogP contribution in [-0.4, -0.2) is 9.55 Å². The molecule has 0 bridgehead atoms. The third-order valence-electron chi connectivity index (χ3n) is 2.51. The van der Waals surface area contributed by atoms with Gasteiger partial charge in [0.25, 0.3) is 5.56 Å². The van der Waals surface area contributed by atoms with E-state index in [9.17, 15) is 4.79 Å². The van der Waals surface area contributed by atoms with Gasteiger partial charge in [0.2, 0.25) is 0 Å². The molecule has 15 heavy (non-hydrogen) atoms. The first-order valence-electron chi connectivity index (χ1n) is 5.10. The maximum atomic E-state index is 11.7. The summed E-state index contributed by atoms with van der Waals surface area (Å²) >= 11 is 5.78. The van der Waals surface area contributed by atoms with E-state index in [1.54, 1.807) is 10.6 Å². The third kappa shape index (κ3) is 2.29. The van der Waals surface area contributed by atoms with Gasteiger partial charge in [0, 0.05) is 18.5 Å². The van der Waals surface area contributed by atoms with Crippen molar-refractivity contribution in [1.29, 1.82) is 0 Å². The van der Waals surface area contributed by atoms with Gasteiger partial charge in [0.1, 0.15) is 11.0 Å². The van der Waals surface area contributed by atoms with E-state index in [0.717, 1.165) is 25.1 Å². The molecule has 0 saturated heterocycles. The number of aromatic nitrogens is 2. The van der Waals surface area contributed by atoms with Crippen LogP contribution in [0.4, 0.5) is 0 Å². The second-order valence-corrected chi connectivity index (χ2v) is 4.17. The lowest BCUT2D eigenvalue weighted by Crippen LogP contribution is -2.24. The van der Waals surface area contributed by atoms with Crippen molar-refractivity contribution in [3.05, 3.63) is 40.1 Å². The van der Waals surface area contributed by atoms with Crippen LogP contribution < -0.4 is 5.56 Å². The van der Waals surface area contributed by atoms with E-state index < -0.39 is 0 Å². The smallest absolute Gasteiger partial charge is 0.254 e. The molecule has 0 atom stereocenters. The van der Waals surface area contributed by atoms with Crippen LogP contribution in [0.5, 0.6) is 0 Å². The summed E-state index contributed by atoms with van der Waals surface area (Å²) in [6.45, 7) is 4.30. The van der Waals surface area contributed by atoms with Crippen LogP contribution in [0.2, 0.25) is 5.15 Å². The van der Waals surface area contributed by atoms with E-state index >= 15 is 0 Å². The van der Waals surface area contributed by atoms with Gasteiger partial charge >= 0.3 is 0 Å². The zero-order valence-electron chi connectivity index (χ0n) is 8.45. The van der Waals surface area contributed by atoms with Crippen LogP contribution in [0.1, 0.15) is 31.0 Å². The van der Waals surface area contributed by atoms with Crippen LogP contribution in [0.15, 0.2) is 23.5 Å². The Kier molecular flexibility index (Phi) is 2.91. The van der Waals surface area contributed by atoms with E-state index in [2.05, 4.69) is 11.6 Å². The molecule has 0 aromatic carbocycles. The fraction of sp³-hybridized carbons (Fsp3) is 0.455. The predicted octanol–water partition coefficient (Wildman–Crippen LogP) is 2.35. The van der Waals surface area contributed by atoms with Crippen molar-refractivity contribution in [1.82, 2.24) is 9.55 Å². The molecule has 0 spiro atoms. The number of nitrogens with zero attached hydrogens (tertiary/aromatic N) is 2. The van der Waals surface area contributed by atoms with Crippen LogP contribution in [0.25, 0.3) is 0 Å². The quantitative estimate of drug-likeness (QED) is 0.581. The van der Waals surface area contributed by atoms with Crippen LogP contribution in [-0.2, 0) is 6.54 Å². The molecule has 0 amide bonds. The second-order valence-electron chi connectivity index (χ2n) is 3.78. The molecule has 1 aromatic heterocycles. The van der Waals surface area contributed by atoms with Gasteiger partial charge in [-0.2, -0.15) is 0 Å². The summed E-state index contributed by atoms with van der Waals surface area (Å²) < 4.78 is 1.71. The molecule has 1 aromatic rings. The van der Waals surface area contributed by atoms with Crippen LogP contribution in [0.3, 0.4) is 0 Å². The van der Waals surface area contributed by atoms with Gasteiger partial charge in [-0.3, -0.25) is 9.36 Å². The Morgan fingerprint density at radius 3 is 3.00 bits per heavy atom. The van der Waals surface area contributed by atoms with Crippen molar-refractivity contribution in [2.75, 3.05) is 0 Å². The van der Waals surface area contributed by atoms with Gasteiger partial charge < -0.3 is 0 Å². The molecule has 2 rings (SSSR count). The first-order chi connectivity index (χ1) is 7.22. The normalized spacial score (nSPS) is 15.3. The Morgan fingerprint density at radius 1 is 1.67 bits per heavy atom. The monoisotopic (exact) mass is 224 g/mol. The molecular formula is C11H13ClN2O. The average molecular weight is 225 g/mol. The lowest BCUT2D eigenvalue weighted by atomic mass is 10.3. The highest BCUT2D eigenvalue weighted by atomic mass is 35.5. The van der Waals surface area contributed by atoms with Crippen LogP contribution >= 0.6 is 11.6 Å². The van der Waals surface area contributed by atoms with E-state index in [1.807, 2.05) is 0 Å². The third-order valence-corrected chi connectivity index (χ3v) is 2.70. The molecule has 1 heterocycles.